The van der Waals surface area contributed by atoms with E-state index in [-0.39, 0.29) is 6.79 Å². The van der Waals surface area contributed by atoms with Gasteiger partial charge < -0.3 is 24.1 Å². The highest BCUT2D eigenvalue weighted by Gasteiger charge is 2.31. The Morgan fingerprint density at radius 1 is 1.23 bits per heavy atom. The Hall–Kier alpha value is -2.71. The van der Waals surface area contributed by atoms with Gasteiger partial charge in [0.2, 0.25) is 0 Å². The topological polar surface area (TPSA) is 85.5 Å². The van der Waals surface area contributed by atoms with Gasteiger partial charge in [-0.05, 0) is 50.3 Å². The maximum Gasteiger partial charge on any atom is 0.192 e. The Morgan fingerprint density at radius 2 is 2.10 bits per heavy atom. The van der Waals surface area contributed by atoms with E-state index in [4.69, 9.17) is 13.9 Å². The Balaban J connectivity index is 1.34. The quantitative estimate of drug-likeness (QED) is 0.551. The summed E-state index contributed by atoms with van der Waals surface area (Å²) in [6.07, 6.45) is 3.87. The van der Waals surface area contributed by atoms with Crippen molar-refractivity contribution in [2.45, 2.75) is 45.2 Å². The van der Waals surface area contributed by atoms with Crippen LogP contribution < -0.4 is 15.0 Å². The van der Waals surface area contributed by atoms with E-state index in [0.29, 0.717) is 29.3 Å². The van der Waals surface area contributed by atoms with Crippen LogP contribution in [0.1, 0.15) is 32.1 Å². The highest BCUT2D eigenvalue weighted by Crippen LogP contribution is 2.35. The summed E-state index contributed by atoms with van der Waals surface area (Å²) in [7, 11) is 1.59. The average molecular weight is 424 g/mol. The molecule has 8 nitrogen and oxygen atoms in total. The third-order valence-electron chi connectivity index (χ3n) is 6.20. The second kappa shape index (κ2) is 8.43. The molecule has 0 radical (unpaired) electrons. The summed E-state index contributed by atoms with van der Waals surface area (Å²) in [5, 5.41) is 12.8. The molecule has 1 saturated carbocycles. The summed E-state index contributed by atoms with van der Waals surface area (Å²) in [5.74, 6) is 3.03. The summed E-state index contributed by atoms with van der Waals surface area (Å²) in [6, 6.07) is 8.90. The van der Waals surface area contributed by atoms with Crippen molar-refractivity contribution < 1.29 is 13.9 Å². The zero-order chi connectivity index (χ0) is 21.4. The lowest BCUT2D eigenvalue weighted by molar-refractivity contribution is 0.0516. The summed E-state index contributed by atoms with van der Waals surface area (Å²) in [6.45, 7) is 6.24. The number of benzene rings is 1. The minimum atomic E-state index is 0.141. The summed E-state index contributed by atoms with van der Waals surface area (Å²) < 4.78 is 16.6. The van der Waals surface area contributed by atoms with Gasteiger partial charge in [-0.3, -0.25) is 0 Å². The van der Waals surface area contributed by atoms with Crippen molar-refractivity contribution in [3.05, 3.63) is 30.2 Å². The SMILES string of the molecule is COCOc1cc2nc(C)oc2cc1-c1ccc(N2CCC(NC(C)C3CC3)C2)nn1. The Kier molecular flexibility index (Phi) is 5.50. The van der Waals surface area contributed by atoms with Crippen LogP contribution in [0.5, 0.6) is 5.75 Å². The van der Waals surface area contributed by atoms with E-state index < -0.39 is 0 Å². The zero-order valence-electron chi connectivity index (χ0n) is 18.3. The lowest BCUT2D eigenvalue weighted by Gasteiger charge is -2.20. The molecule has 164 valence electrons. The van der Waals surface area contributed by atoms with Crippen LogP contribution in [0.3, 0.4) is 0 Å². The molecule has 2 atom stereocenters. The van der Waals surface area contributed by atoms with Crippen LogP contribution in [0.15, 0.2) is 28.7 Å². The molecule has 0 spiro atoms. The fourth-order valence-corrected chi connectivity index (χ4v) is 4.36. The zero-order valence-corrected chi connectivity index (χ0v) is 18.3. The maximum absolute atomic E-state index is 5.77. The first-order chi connectivity index (χ1) is 15.1. The highest BCUT2D eigenvalue weighted by molar-refractivity contribution is 5.84. The fraction of sp³-hybridized carbons (Fsp3) is 0.522. The van der Waals surface area contributed by atoms with Gasteiger partial charge in [-0.25, -0.2) is 4.98 Å². The first-order valence-corrected chi connectivity index (χ1v) is 11.0. The first kappa shape index (κ1) is 20.2. The van der Waals surface area contributed by atoms with Crippen LogP contribution >= 0.6 is 0 Å². The smallest absolute Gasteiger partial charge is 0.192 e. The Bertz CT molecular complexity index is 1050. The molecule has 2 aromatic heterocycles. The predicted octanol–water partition coefficient (Wildman–Crippen LogP) is 3.54. The number of fused-ring (bicyclic) bond motifs is 1. The van der Waals surface area contributed by atoms with E-state index >= 15 is 0 Å². The van der Waals surface area contributed by atoms with E-state index in [2.05, 4.69) is 32.3 Å². The molecule has 2 unspecified atom stereocenters. The molecule has 3 heterocycles. The van der Waals surface area contributed by atoms with E-state index in [1.54, 1.807) is 7.11 Å². The largest absolute Gasteiger partial charge is 0.467 e. The monoisotopic (exact) mass is 423 g/mol. The first-order valence-electron chi connectivity index (χ1n) is 11.0. The number of aryl methyl sites for hydroxylation is 1. The van der Waals surface area contributed by atoms with Crippen molar-refractivity contribution in [2.75, 3.05) is 31.9 Å². The number of rotatable bonds is 8. The highest BCUT2D eigenvalue weighted by atomic mass is 16.7. The summed E-state index contributed by atoms with van der Waals surface area (Å²) in [4.78, 5) is 6.69. The molecule has 1 aliphatic carbocycles. The van der Waals surface area contributed by atoms with Crippen molar-refractivity contribution >= 4 is 16.9 Å². The summed E-state index contributed by atoms with van der Waals surface area (Å²) >= 11 is 0. The number of oxazole rings is 1. The molecule has 1 N–H and O–H groups in total. The molecule has 2 fully saturated rings. The molecule has 3 aromatic rings. The molecule has 1 aromatic carbocycles. The van der Waals surface area contributed by atoms with Gasteiger partial charge in [0.05, 0.1) is 5.69 Å². The van der Waals surface area contributed by atoms with Crippen LogP contribution in [0.25, 0.3) is 22.4 Å². The van der Waals surface area contributed by atoms with Gasteiger partial charge in [0.15, 0.2) is 24.1 Å². The number of aromatic nitrogens is 3. The van der Waals surface area contributed by atoms with Gasteiger partial charge in [0, 0.05) is 50.8 Å². The third-order valence-corrected chi connectivity index (χ3v) is 6.20. The molecular weight excluding hydrogens is 394 g/mol. The molecule has 31 heavy (non-hydrogen) atoms. The lowest BCUT2D eigenvalue weighted by Crippen LogP contribution is -2.39. The number of nitrogens with zero attached hydrogens (tertiary/aromatic N) is 4. The van der Waals surface area contributed by atoms with Crippen LogP contribution in [0.4, 0.5) is 5.82 Å². The van der Waals surface area contributed by atoms with E-state index in [9.17, 15) is 0 Å². The standard InChI is InChI=1S/C23H29N5O3/c1-14(16-4-5-16)24-17-8-9-28(12-17)23-7-6-19(26-27-23)18-10-22-20(25-15(2)31-22)11-21(18)30-13-29-3/h6-7,10-11,14,16-17,24H,4-5,8-9,12-13H2,1-3H3. The van der Waals surface area contributed by atoms with Gasteiger partial charge in [-0.2, -0.15) is 0 Å². The number of anilines is 1. The lowest BCUT2D eigenvalue weighted by atomic mass is 10.1. The average Bonchev–Trinajstić information content (AvgIpc) is 3.42. The van der Waals surface area contributed by atoms with Crippen LogP contribution in [0.2, 0.25) is 0 Å². The van der Waals surface area contributed by atoms with Gasteiger partial charge in [-0.15, -0.1) is 10.2 Å². The van der Waals surface area contributed by atoms with Crippen LogP contribution in [-0.2, 0) is 4.74 Å². The van der Waals surface area contributed by atoms with Crippen LogP contribution in [0, 0.1) is 12.8 Å². The Morgan fingerprint density at radius 3 is 2.84 bits per heavy atom. The fourth-order valence-electron chi connectivity index (χ4n) is 4.36. The van der Waals surface area contributed by atoms with E-state index in [0.717, 1.165) is 48.0 Å². The molecule has 0 bridgehead atoms. The van der Waals surface area contributed by atoms with Crippen molar-refractivity contribution in [1.82, 2.24) is 20.5 Å². The van der Waals surface area contributed by atoms with Crippen molar-refractivity contribution in [3.8, 4) is 17.0 Å². The normalized spacial score (nSPS) is 19.8. The molecule has 5 rings (SSSR count). The number of methoxy groups -OCH3 is 1. The number of hydrogen-bond donors (Lipinski definition) is 1. The van der Waals surface area contributed by atoms with Gasteiger partial charge in [0.1, 0.15) is 11.3 Å². The van der Waals surface area contributed by atoms with Gasteiger partial charge in [0.25, 0.3) is 0 Å². The number of hydrogen-bond acceptors (Lipinski definition) is 8. The molecule has 2 aliphatic rings. The summed E-state index contributed by atoms with van der Waals surface area (Å²) in [5.41, 5.74) is 2.97. The minimum absolute atomic E-state index is 0.141. The van der Waals surface area contributed by atoms with E-state index in [1.165, 1.54) is 12.8 Å². The second-order valence-electron chi connectivity index (χ2n) is 8.60. The van der Waals surface area contributed by atoms with Gasteiger partial charge in [-0.1, -0.05) is 0 Å². The molecule has 1 aliphatic heterocycles. The van der Waals surface area contributed by atoms with Crippen molar-refractivity contribution in [1.29, 1.82) is 0 Å². The van der Waals surface area contributed by atoms with Crippen molar-refractivity contribution in [2.24, 2.45) is 5.92 Å². The molecule has 0 amide bonds. The molecule has 8 heteroatoms. The number of ether oxygens (including phenoxy) is 2. The van der Waals surface area contributed by atoms with Crippen LogP contribution in [-0.4, -0.2) is 54.3 Å². The molecule has 1 saturated heterocycles. The van der Waals surface area contributed by atoms with Gasteiger partial charge >= 0.3 is 0 Å². The maximum atomic E-state index is 5.77. The molecular formula is C23H29N5O3. The minimum Gasteiger partial charge on any atom is -0.467 e. The van der Waals surface area contributed by atoms with Crippen molar-refractivity contribution in [3.63, 3.8) is 0 Å². The third kappa shape index (κ3) is 4.36. The number of nitrogens with one attached hydrogen (secondary N) is 1. The second-order valence-corrected chi connectivity index (χ2v) is 8.60. The van der Waals surface area contributed by atoms with E-state index in [1.807, 2.05) is 31.2 Å². The predicted molar refractivity (Wildman–Crippen MR) is 118 cm³/mol. The Labute approximate surface area is 181 Å².